The van der Waals surface area contributed by atoms with Gasteiger partial charge in [0.15, 0.2) is 4.67 Å². The Morgan fingerprint density at radius 1 is 1.32 bits per heavy atom. The number of ether oxygens (including phenoxy) is 1. The van der Waals surface area contributed by atoms with E-state index in [1.807, 2.05) is 13.8 Å². The van der Waals surface area contributed by atoms with Gasteiger partial charge in [0.05, 0.1) is 22.7 Å². The summed E-state index contributed by atoms with van der Waals surface area (Å²) in [4.78, 5) is 10.4. The normalized spacial score (nSPS) is 10.7. The van der Waals surface area contributed by atoms with Crippen LogP contribution in [-0.2, 0) is 0 Å². The highest BCUT2D eigenvalue weighted by molar-refractivity contribution is 9.10. The van der Waals surface area contributed by atoms with Gasteiger partial charge < -0.3 is 9.15 Å². The fourth-order valence-corrected chi connectivity index (χ4v) is 1.95. The van der Waals surface area contributed by atoms with Gasteiger partial charge in [-0.3, -0.25) is 10.1 Å². The summed E-state index contributed by atoms with van der Waals surface area (Å²) >= 11 is 3.23. The SMILES string of the molecule is CC(C)Oc1cc([N+](=O)[O-])ccc1-c1ccc(Br)o1. The van der Waals surface area contributed by atoms with Gasteiger partial charge in [0, 0.05) is 6.07 Å². The molecule has 1 heterocycles. The van der Waals surface area contributed by atoms with Crippen molar-refractivity contribution >= 4 is 21.6 Å². The van der Waals surface area contributed by atoms with Gasteiger partial charge in [0.1, 0.15) is 11.5 Å². The molecule has 2 rings (SSSR count). The molecule has 0 N–H and O–H groups in total. The molecule has 5 nitrogen and oxygen atoms in total. The van der Waals surface area contributed by atoms with Crippen LogP contribution in [0.1, 0.15) is 13.8 Å². The van der Waals surface area contributed by atoms with Crippen LogP contribution in [0.3, 0.4) is 0 Å². The lowest BCUT2D eigenvalue weighted by molar-refractivity contribution is -0.384. The summed E-state index contributed by atoms with van der Waals surface area (Å²) in [5.41, 5.74) is 0.676. The fraction of sp³-hybridized carbons (Fsp3) is 0.231. The fourth-order valence-electron chi connectivity index (χ4n) is 1.64. The van der Waals surface area contributed by atoms with Crippen LogP contribution in [0, 0.1) is 10.1 Å². The van der Waals surface area contributed by atoms with Crippen molar-refractivity contribution in [1.29, 1.82) is 0 Å². The van der Waals surface area contributed by atoms with Gasteiger partial charge >= 0.3 is 0 Å². The number of benzene rings is 1. The van der Waals surface area contributed by atoms with Gasteiger partial charge in [-0.1, -0.05) is 0 Å². The van der Waals surface area contributed by atoms with Gasteiger partial charge in [-0.15, -0.1) is 0 Å². The average Bonchev–Trinajstić information content (AvgIpc) is 2.74. The van der Waals surface area contributed by atoms with Gasteiger partial charge in [-0.05, 0) is 48.0 Å². The predicted octanol–water partition coefficient (Wildman–Crippen LogP) is 4.40. The first-order chi connectivity index (χ1) is 8.97. The van der Waals surface area contributed by atoms with E-state index in [0.29, 0.717) is 21.7 Å². The standard InChI is InChI=1S/C13H12BrNO4/c1-8(2)18-12-7-9(15(16)17)3-4-10(12)11-5-6-13(14)19-11/h3-8H,1-2H3. The number of nitro benzene ring substituents is 1. The van der Waals surface area contributed by atoms with Crippen molar-refractivity contribution in [3.05, 3.63) is 45.1 Å². The van der Waals surface area contributed by atoms with Gasteiger partial charge in [0.2, 0.25) is 0 Å². The minimum Gasteiger partial charge on any atom is -0.490 e. The molecule has 0 fully saturated rings. The summed E-state index contributed by atoms with van der Waals surface area (Å²) in [6.45, 7) is 3.72. The summed E-state index contributed by atoms with van der Waals surface area (Å²) in [5, 5.41) is 10.8. The second-order valence-corrected chi connectivity index (χ2v) is 4.99. The van der Waals surface area contributed by atoms with Crippen molar-refractivity contribution in [2.24, 2.45) is 0 Å². The summed E-state index contributed by atoms with van der Waals surface area (Å²) in [6.07, 6.45) is -0.0841. The van der Waals surface area contributed by atoms with Crippen LogP contribution in [-0.4, -0.2) is 11.0 Å². The molecule has 2 aromatic rings. The molecule has 0 saturated heterocycles. The minimum atomic E-state index is -0.449. The molecular formula is C13H12BrNO4. The molecule has 0 atom stereocenters. The van der Waals surface area contributed by atoms with Crippen LogP contribution >= 0.6 is 15.9 Å². The van der Waals surface area contributed by atoms with E-state index < -0.39 is 4.92 Å². The summed E-state index contributed by atoms with van der Waals surface area (Å²) in [6, 6.07) is 8.00. The van der Waals surface area contributed by atoms with Gasteiger partial charge in [-0.25, -0.2) is 0 Å². The highest BCUT2D eigenvalue weighted by Gasteiger charge is 2.16. The molecule has 1 aromatic heterocycles. The Balaban J connectivity index is 2.50. The number of rotatable bonds is 4. The molecule has 0 unspecified atom stereocenters. The number of hydrogen-bond donors (Lipinski definition) is 0. The lowest BCUT2D eigenvalue weighted by atomic mass is 10.1. The molecule has 0 radical (unpaired) electrons. The molecular weight excluding hydrogens is 314 g/mol. The first-order valence-electron chi connectivity index (χ1n) is 5.68. The van der Waals surface area contributed by atoms with E-state index in [1.54, 1.807) is 18.2 Å². The molecule has 100 valence electrons. The van der Waals surface area contributed by atoms with E-state index in [1.165, 1.54) is 12.1 Å². The van der Waals surface area contributed by atoms with Crippen LogP contribution < -0.4 is 4.74 Å². The monoisotopic (exact) mass is 325 g/mol. The molecule has 0 saturated carbocycles. The van der Waals surface area contributed by atoms with Gasteiger partial charge in [0.25, 0.3) is 5.69 Å². The van der Waals surface area contributed by atoms with Gasteiger partial charge in [-0.2, -0.15) is 0 Å². The zero-order chi connectivity index (χ0) is 14.0. The zero-order valence-corrected chi connectivity index (χ0v) is 12.0. The number of nitrogens with zero attached hydrogens (tertiary/aromatic N) is 1. The van der Waals surface area contributed by atoms with E-state index in [-0.39, 0.29) is 11.8 Å². The third-order valence-corrected chi connectivity index (χ3v) is 2.80. The van der Waals surface area contributed by atoms with Crippen molar-refractivity contribution in [2.75, 3.05) is 0 Å². The van der Waals surface area contributed by atoms with Crippen molar-refractivity contribution in [3.8, 4) is 17.1 Å². The molecule has 0 aliphatic heterocycles. The quantitative estimate of drug-likeness (QED) is 0.617. The van der Waals surface area contributed by atoms with E-state index in [9.17, 15) is 10.1 Å². The molecule has 0 amide bonds. The minimum absolute atomic E-state index is 0.00924. The van der Waals surface area contributed by atoms with Crippen molar-refractivity contribution < 1.29 is 14.1 Å². The Labute approximate surface area is 118 Å². The van der Waals surface area contributed by atoms with Crippen LogP contribution in [0.2, 0.25) is 0 Å². The number of hydrogen-bond acceptors (Lipinski definition) is 4. The Hall–Kier alpha value is -1.82. The highest BCUT2D eigenvalue weighted by atomic mass is 79.9. The first-order valence-corrected chi connectivity index (χ1v) is 6.47. The second-order valence-electron chi connectivity index (χ2n) is 4.21. The van der Waals surface area contributed by atoms with Crippen LogP contribution in [0.15, 0.2) is 39.4 Å². The van der Waals surface area contributed by atoms with Crippen molar-refractivity contribution in [2.45, 2.75) is 20.0 Å². The average molecular weight is 326 g/mol. The second kappa shape index (κ2) is 5.44. The zero-order valence-electron chi connectivity index (χ0n) is 10.4. The highest BCUT2D eigenvalue weighted by Crippen LogP contribution is 2.35. The van der Waals surface area contributed by atoms with E-state index in [2.05, 4.69) is 15.9 Å². The lowest BCUT2D eigenvalue weighted by Gasteiger charge is -2.12. The molecule has 1 aromatic carbocycles. The Kier molecular flexibility index (Phi) is 3.90. The molecule has 0 aliphatic rings. The summed E-state index contributed by atoms with van der Waals surface area (Å²) in [5.74, 6) is 1.03. The van der Waals surface area contributed by atoms with E-state index in [0.717, 1.165) is 0 Å². The van der Waals surface area contributed by atoms with E-state index in [4.69, 9.17) is 9.15 Å². The number of non-ortho nitro benzene ring substituents is 1. The van der Waals surface area contributed by atoms with Crippen LogP contribution in [0.4, 0.5) is 5.69 Å². The van der Waals surface area contributed by atoms with Crippen LogP contribution in [0.25, 0.3) is 11.3 Å². The topological polar surface area (TPSA) is 65.5 Å². The third-order valence-electron chi connectivity index (χ3n) is 2.38. The summed E-state index contributed by atoms with van der Waals surface area (Å²) in [7, 11) is 0. The largest absolute Gasteiger partial charge is 0.490 e. The molecule has 0 aliphatic carbocycles. The van der Waals surface area contributed by atoms with Crippen LogP contribution in [0.5, 0.6) is 5.75 Å². The first kappa shape index (κ1) is 13.6. The smallest absolute Gasteiger partial charge is 0.273 e. The predicted molar refractivity (Wildman–Crippen MR) is 74.3 cm³/mol. The lowest BCUT2D eigenvalue weighted by Crippen LogP contribution is -2.06. The van der Waals surface area contributed by atoms with E-state index >= 15 is 0 Å². The Morgan fingerprint density at radius 2 is 2.05 bits per heavy atom. The summed E-state index contributed by atoms with van der Waals surface area (Å²) < 4.78 is 11.7. The van der Waals surface area contributed by atoms with Crippen molar-refractivity contribution in [3.63, 3.8) is 0 Å². The molecule has 0 spiro atoms. The third kappa shape index (κ3) is 3.14. The molecule has 19 heavy (non-hydrogen) atoms. The maximum atomic E-state index is 10.8. The van der Waals surface area contributed by atoms with Crippen molar-refractivity contribution in [1.82, 2.24) is 0 Å². The number of halogens is 1. The maximum Gasteiger partial charge on any atom is 0.273 e. The maximum absolute atomic E-state index is 10.8. The molecule has 0 bridgehead atoms. The number of furan rings is 1. The molecule has 6 heteroatoms. The number of nitro groups is 1. The Morgan fingerprint density at radius 3 is 2.58 bits per heavy atom. The Bertz CT molecular complexity index is 606.